The standard InChI is InChI=1S/C23H20N2O6S/c1-30-15-5-4-14-10-22(31-21(14)11-15)20-13-18(23(26)27)17-12-16(6-7-19(17)24-20)32(28,29)25-8-2-3-9-25/h4-7,10-13H,2-3,8-9H2,1H3,(H,26,27). The summed E-state index contributed by atoms with van der Waals surface area (Å²) < 4.78 is 38.4. The van der Waals surface area contributed by atoms with Gasteiger partial charge in [0.1, 0.15) is 17.0 Å². The number of fused-ring (bicyclic) bond motifs is 2. The van der Waals surface area contributed by atoms with Gasteiger partial charge in [-0.2, -0.15) is 4.31 Å². The van der Waals surface area contributed by atoms with Gasteiger partial charge in [-0.1, -0.05) is 0 Å². The second-order valence-electron chi connectivity index (χ2n) is 7.66. The molecule has 1 aliphatic rings. The van der Waals surface area contributed by atoms with E-state index < -0.39 is 16.0 Å². The van der Waals surface area contributed by atoms with E-state index in [1.54, 1.807) is 31.4 Å². The lowest BCUT2D eigenvalue weighted by molar-refractivity contribution is 0.0699. The molecular formula is C23H20N2O6S. The van der Waals surface area contributed by atoms with Gasteiger partial charge in [0.15, 0.2) is 5.76 Å². The minimum atomic E-state index is -3.68. The van der Waals surface area contributed by atoms with Crippen LogP contribution in [0, 0.1) is 0 Å². The molecule has 5 rings (SSSR count). The van der Waals surface area contributed by atoms with E-state index in [-0.39, 0.29) is 15.8 Å². The van der Waals surface area contributed by atoms with Crippen molar-refractivity contribution in [1.82, 2.24) is 9.29 Å². The number of carboxylic acid groups (broad SMARTS) is 1. The number of aromatic carboxylic acids is 1. The lowest BCUT2D eigenvalue weighted by Gasteiger charge is -2.16. The molecule has 1 saturated heterocycles. The second kappa shape index (κ2) is 7.61. The molecule has 8 nitrogen and oxygen atoms in total. The number of benzene rings is 2. The van der Waals surface area contributed by atoms with E-state index in [1.807, 2.05) is 6.07 Å². The van der Waals surface area contributed by atoms with Gasteiger partial charge < -0.3 is 14.3 Å². The van der Waals surface area contributed by atoms with Crippen LogP contribution in [0.5, 0.6) is 5.75 Å². The number of rotatable bonds is 5. The van der Waals surface area contributed by atoms with Crippen LogP contribution in [0.3, 0.4) is 0 Å². The Balaban J connectivity index is 1.64. The molecule has 4 aromatic rings. The molecule has 1 aliphatic heterocycles. The molecule has 0 unspecified atom stereocenters. The zero-order valence-electron chi connectivity index (χ0n) is 17.2. The van der Waals surface area contributed by atoms with Crippen molar-refractivity contribution in [2.45, 2.75) is 17.7 Å². The van der Waals surface area contributed by atoms with Crippen LogP contribution in [0.25, 0.3) is 33.3 Å². The number of carbonyl (C=O) groups is 1. The van der Waals surface area contributed by atoms with Crippen LogP contribution < -0.4 is 4.74 Å². The number of nitrogens with zero attached hydrogens (tertiary/aromatic N) is 2. The van der Waals surface area contributed by atoms with Gasteiger partial charge in [-0.25, -0.2) is 18.2 Å². The van der Waals surface area contributed by atoms with Gasteiger partial charge in [-0.3, -0.25) is 0 Å². The lowest BCUT2D eigenvalue weighted by atomic mass is 10.1. The van der Waals surface area contributed by atoms with Crippen LogP contribution in [-0.4, -0.2) is 49.0 Å². The molecule has 2 aromatic heterocycles. The van der Waals surface area contributed by atoms with Crippen molar-refractivity contribution < 1.29 is 27.5 Å². The zero-order chi connectivity index (χ0) is 22.5. The molecule has 0 amide bonds. The first kappa shape index (κ1) is 20.5. The number of carboxylic acids is 1. The van der Waals surface area contributed by atoms with Crippen molar-refractivity contribution in [2.24, 2.45) is 0 Å². The maximum absolute atomic E-state index is 12.9. The molecular weight excluding hydrogens is 432 g/mol. The van der Waals surface area contributed by atoms with Crippen molar-refractivity contribution in [3.63, 3.8) is 0 Å². The molecule has 1 fully saturated rings. The number of aromatic nitrogens is 1. The van der Waals surface area contributed by atoms with Gasteiger partial charge in [0.05, 0.1) is 23.1 Å². The third-order valence-corrected chi connectivity index (χ3v) is 7.59. The van der Waals surface area contributed by atoms with Crippen LogP contribution in [0.15, 0.2) is 57.8 Å². The van der Waals surface area contributed by atoms with Crippen LogP contribution in [0.2, 0.25) is 0 Å². The normalized spacial score (nSPS) is 14.9. The van der Waals surface area contributed by atoms with E-state index >= 15 is 0 Å². The maximum Gasteiger partial charge on any atom is 0.336 e. The van der Waals surface area contributed by atoms with Gasteiger partial charge in [-0.15, -0.1) is 0 Å². The number of sulfonamides is 1. The molecule has 164 valence electrons. The molecule has 3 heterocycles. The molecule has 2 aromatic carbocycles. The number of methoxy groups -OCH3 is 1. The van der Waals surface area contributed by atoms with E-state index in [0.29, 0.717) is 41.4 Å². The summed E-state index contributed by atoms with van der Waals surface area (Å²) in [5.41, 5.74) is 1.27. The third-order valence-electron chi connectivity index (χ3n) is 5.69. The Kier molecular flexibility index (Phi) is 4.87. The number of ether oxygens (including phenoxy) is 1. The summed E-state index contributed by atoms with van der Waals surface area (Å²) in [7, 11) is -2.11. The van der Waals surface area contributed by atoms with Crippen LogP contribution in [-0.2, 0) is 10.0 Å². The molecule has 0 radical (unpaired) electrons. The first-order valence-electron chi connectivity index (χ1n) is 10.1. The molecule has 0 atom stereocenters. The summed E-state index contributed by atoms with van der Waals surface area (Å²) in [6.45, 7) is 0.945. The van der Waals surface area contributed by atoms with Crippen molar-refractivity contribution in [2.75, 3.05) is 20.2 Å². The highest BCUT2D eigenvalue weighted by molar-refractivity contribution is 7.89. The minimum absolute atomic E-state index is 0.0403. The van der Waals surface area contributed by atoms with Gasteiger partial charge in [0.25, 0.3) is 0 Å². The first-order valence-corrected chi connectivity index (χ1v) is 11.6. The van der Waals surface area contributed by atoms with Gasteiger partial charge in [0, 0.05) is 29.9 Å². The monoisotopic (exact) mass is 452 g/mol. The lowest BCUT2D eigenvalue weighted by Crippen LogP contribution is -2.27. The van der Waals surface area contributed by atoms with Crippen molar-refractivity contribution >= 4 is 37.9 Å². The van der Waals surface area contributed by atoms with Gasteiger partial charge in [0.2, 0.25) is 10.0 Å². The molecule has 32 heavy (non-hydrogen) atoms. The van der Waals surface area contributed by atoms with Crippen LogP contribution >= 0.6 is 0 Å². The summed E-state index contributed by atoms with van der Waals surface area (Å²) in [5.74, 6) is -0.124. The van der Waals surface area contributed by atoms with E-state index in [0.717, 1.165) is 18.2 Å². The Hall–Kier alpha value is -3.43. The average molecular weight is 452 g/mol. The van der Waals surface area contributed by atoms with Gasteiger partial charge in [-0.05, 0) is 55.3 Å². The topological polar surface area (TPSA) is 110 Å². The maximum atomic E-state index is 12.9. The van der Waals surface area contributed by atoms with Crippen molar-refractivity contribution in [3.05, 3.63) is 54.1 Å². The number of pyridine rings is 1. The fourth-order valence-electron chi connectivity index (χ4n) is 4.01. The molecule has 0 saturated carbocycles. The predicted octanol–water partition coefficient (Wildman–Crippen LogP) is 4.14. The Labute approximate surface area is 184 Å². The molecule has 9 heteroatoms. The quantitative estimate of drug-likeness (QED) is 0.485. The molecule has 0 aliphatic carbocycles. The largest absolute Gasteiger partial charge is 0.497 e. The Bertz CT molecular complexity index is 1470. The number of hydrogen-bond acceptors (Lipinski definition) is 6. The number of hydrogen-bond donors (Lipinski definition) is 1. The Morgan fingerprint density at radius 3 is 2.59 bits per heavy atom. The van der Waals surface area contributed by atoms with E-state index in [1.165, 1.54) is 22.5 Å². The van der Waals surface area contributed by atoms with Crippen molar-refractivity contribution in [1.29, 1.82) is 0 Å². The summed E-state index contributed by atoms with van der Waals surface area (Å²) in [6.07, 6.45) is 1.64. The SMILES string of the molecule is COc1ccc2cc(-c3cc(C(=O)O)c4cc(S(=O)(=O)N5CCCC5)ccc4n3)oc2c1. The average Bonchev–Trinajstić information content (AvgIpc) is 3.47. The van der Waals surface area contributed by atoms with E-state index in [4.69, 9.17) is 9.15 Å². The summed E-state index contributed by atoms with van der Waals surface area (Å²) in [5, 5.41) is 10.9. The Morgan fingerprint density at radius 1 is 1.09 bits per heavy atom. The minimum Gasteiger partial charge on any atom is -0.497 e. The Morgan fingerprint density at radius 2 is 1.88 bits per heavy atom. The highest BCUT2D eigenvalue weighted by atomic mass is 32.2. The van der Waals surface area contributed by atoms with Gasteiger partial charge >= 0.3 is 5.97 Å². The highest BCUT2D eigenvalue weighted by Gasteiger charge is 2.28. The third kappa shape index (κ3) is 3.39. The molecule has 0 bridgehead atoms. The smallest absolute Gasteiger partial charge is 0.336 e. The van der Waals surface area contributed by atoms with Crippen LogP contribution in [0.4, 0.5) is 0 Å². The summed E-state index contributed by atoms with van der Waals surface area (Å²) in [6, 6.07) is 13.0. The summed E-state index contributed by atoms with van der Waals surface area (Å²) >= 11 is 0. The summed E-state index contributed by atoms with van der Waals surface area (Å²) in [4.78, 5) is 16.7. The second-order valence-corrected chi connectivity index (χ2v) is 9.60. The molecule has 0 spiro atoms. The fraction of sp³-hybridized carbons (Fsp3) is 0.217. The first-order chi connectivity index (χ1) is 15.4. The van der Waals surface area contributed by atoms with E-state index in [2.05, 4.69) is 4.98 Å². The highest BCUT2D eigenvalue weighted by Crippen LogP contribution is 2.33. The number of furan rings is 1. The van der Waals surface area contributed by atoms with Crippen molar-refractivity contribution in [3.8, 4) is 17.2 Å². The zero-order valence-corrected chi connectivity index (χ0v) is 18.1. The predicted molar refractivity (Wildman–Crippen MR) is 118 cm³/mol. The van der Waals surface area contributed by atoms with Crippen LogP contribution in [0.1, 0.15) is 23.2 Å². The fourth-order valence-corrected chi connectivity index (χ4v) is 5.55. The van der Waals surface area contributed by atoms with E-state index in [9.17, 15) is 18.3 Å². The molecule has 1 N–H and O–H groups in total.